The third kappa shape index (κ3) is 6.10. The Morgan fingerprint density at radius 1 is 1.24 bits per heavy atom. The standard InChI is InChI=1S/C25H40N4O4/c1-17-14-29(18(2)16-30)24(31)21-13-20(27(3)4)11-12-22(21)33-23(17)15-28(5)25(32)26-19-9-7-6-8-10-19/h11-13,17-19,23,30H,6-10,14-16H2,1-5H3,(H,26,32)/t17-,18+,23-/m1/s1. The van der Waals surface area contributed by atoms with E-state index in [-0.39, 0.29) is 42.7 Å². The summed E-state index contributed by atoms with van der Waals surface area (Å²) in [6.45, 7) is 4.61. The lowest BCUT2D eigenvalue weighted by molar-refractivity contribution is 0.0366. The molecule has 1 fully saturated rings. The van der Waals surface area contributed by atoms with E-state index in [1.807, 2.05) is 51.0 Å². The Hall–Kier alpha value is -2.48. The fourth-order valence-electron chi connectivity index (χ4n) is 4.59. The number of nitrogens with one attached hydrogen (secondary N) is 1. The van der Waals surface area contributed by atoms with Gasteiger partial charge in [-0.3, -0.25) is 4.79 Å². The number of carbonyl (C=O) groups excluding carboxylic acids is 2. The fraction of sp³-hybridized carbons (Fsp3) is 0.680. The van der Waals surface area contributed by atoms with Gasteiger partial charge in [-0.15, -0.1) is 0 Å². The lowest BCUT2D eigenvalue weighted by atomic mass is 9.96. The first-order valence-electron chi connectivity index (χ1n) is 12.1. The van der Waals surface area contributed by atoms with Crippen LogP contribution < -0.4 is 15.0 Å². The molecule has 8 heteroatoms. The minimum atomic E-state index is -0.318. The first kappa shape index (κ1) is 25.1. The number of hydrogen-bond donors (Lipinski definition) is 2. The third-order valence-corrected chi connectivity index (χ3v) is 6.90. The largest absolute Gasteiger partial charge is 0.487 e. The maximum absolute atomic E-state index is 13.4. The number of urea groups is 1. The van der Waals surface area contributed by atoms with Crippen molar-refractivity contribution in [1.82, 2.24) is 15.1 Å². The number of benzene rings is 1. The van der Waals surface area contributed by atoms with Gasteiger partial charge in [-0.2, -0.15) is 0 Å². The summed E-state index contributed by atoms with van der Waals surface area (Å²) < 4.78 is 6.38. The minimum Gasteiger partial charge on any atom is -0.487 e. The molecule has 8 nitrogen and oxygen atoms in total. The van der Waals surface area contributed by atoms with Gasteiger partial charge >= 0.3 is 6.03 Å². The van der Waals surface area contributed by atoms with Gasteiger partial charge in [0.05, 0.1) is 24.8 Å². The van der Waals surface area contributed by atoms with Crippen LogP contribution in [0.4, 0.5) is 10.5 Å². The van der Waals surface area contributed by atoms with Gasteiger partial charge < -0.3 is 29.9 Å². The average molecular weight is 461 g/mol. The van der Waals surface area contributed by atoms with Crippen LogP contribution in [0.5, 0.6) is 5.75 Å². The van der Waals surface area contributed by atoms with E-state index >= 15 is 0 Å². The topological polar surface area (TPSA) is 85.4 Å². The van der Waals surface area contributed by atoms with E-state index < -0.39 is 0 Å². The van der Waals surface area contributed by atoms with Crippen LogP contribution in [0.25, 0.3) is 0 Å². The minimum absolute atomic E-state index is 0.0328. The van der Waals surface area contributed by atoms with Crippen LogP contribution in [0.3, 0.4) is 0 Å². The molecule has 33 heavy (non-hydrogen) atoms. The van der Waals surface area contributed by atoms with Crippen LogP contribution >= 0.6 is 0 Å². The maximum atomic E-state index is 13.4. The van der Waals surface area contributed by atoms with Crippen molar-refractivity contribution in [2.75, 3.05) is 45.7 Å². The summed E-state index contributed by atoms with van der Waals surface area (Å²) in [4.78, 5) is 31.6. The number of hydrogen-bond acceptors (Lipinski definition) is 5. The third-order valence-electron chi connectivity index (χ3n) is 6.90. The van der Waals surface area contributed by atoms with Gasteiger partial charge in [-0.1, -0.05) is 26.2 Å². The zero-order chi connectivity index (χ0) is 24.1. The molecule has 1 saturated carbocycles. The van der Waals surface area contributed by atoms with Gasteiger partial charge in [0.25, 0.3) is 5.91 Å². The van der Waals surface area contributed by atoms with Crippen LogP contribution in [0.2, 0.25) is 0 Å². The second-order valence-corrected chi connectivity index (χ2v) is 9.86. The van der Waals surface area contributed by atoms with Crippen molar-refractivity contribution in [1.29, 1.82) is 0 Å². The molecular formula is C25H40N4O4. The number of amides is 3. The molecule has 1 aliphatic carbocycles. The van der Waals surface area contributed by atoms with E-state index in [1.165, 1.54) is 6.42 Å². The summed E-state index contributed by atoms with van der Waals surface area (Å²) in [5, 5.41) is 13.0. The van der Waals surface area contributed by atoms with Crippen LogP contribution in [-0.4, -0.2) is 85.9 Å². The van der Waals surface area contributed by atoms with E-state index in [2.05, 4.69) is 5.32 Å². The number of fused-ring (bicyclic) bond motifs is 1. The highest BCUT2D eigenvalue weighted by molar-refractivity contribution is 5.98. The van der Waals surface area contributed by atoms with Gasteiger partial charge in [0.2, 0.25) is 0 Å². The van der Waals surface area contributed by atoms with Crippen LogP contribution in [0, 0.1) is 5.92 Å². The van der Waals surface area contributed by atoms with Crippen molar-refractivity contribution < 1.29 is 19.4 Å². The van der Waals surface area contributed by atoms with Gasteiger partial charge in [0.15, 0.2) is 0 Å². The lowest BCUT2D eigenvalue weighted by Crippen LogP contribution is -2.52. The number of anilines is 1. The van der Waals surface area contributed by atoms with E-state index in [4.69, 9.17) is 4.74 Å². The summed E-state index contributed by atoms with van der Waals surface area (Å²) in [6.07, 6.45) is 5.34. The molecule has 1 aromatic rings. The van der Waals surface area contributed by atoms with Crippen LogP contribution in [-0.2, 0) is 0 Å². The first-order chi connectivity index (χ1) is 15.7. The van der Waals surface area contributed by atoms with Gasteiger partial charge in [0, 0.05) is 45.3 Å². The molecule has 2 N–H and O–H groups in total. The molecular weight excluding hydrogens is 420 g/mol. The zero-order valence-corrected chi connectivity index (χ0v) is 20.7. The van der Waals surface area contributed by atoms with Gasteiger partial charge in [-0.25, -0.2) is 4.79 Å². The smallest absolute Gasteiger partial charge is 0.317 e. The number of aliphatic hydroxyl groups is 1. The highest BCUT2D eigenvalue weighted by atomic mass is 16.5. The second kappa shape index (κ2) is 11.1. The summed E-state index contributed by atoms with van der Waals surface area (Å²) in [5.41, 5.74) is 1.38. The number of likely N-dealkylation sites (N-methyl/N-ethyl adjacent to an activating group) is 1. The van der Waals surface area contributed by atoms with Crippen molar-refractivity contribution in [3.8, 4) is 5.75 Å². The highest BCUT2D eigenvalue weighted by Gasteiger charge is 2.34. The molecule has 0 unspecified atom stereocenters. The van der Waals surface area contributed by atoms with Crippen molar-refractivity contribution >= 4 is 17.6 Å². The number of rotatable bonds is 6. The molecule has 3 atom stereocenters. The van der Waals surface area contributed by atoms with Gasteiger partial charge in [-0.05, 0) is 38.0 Å². The van der Waals surface area contributed by atoms with E-state index in [9.17, 15) is 14.7 Å². The van der Waals surface area contributed by atoms with E-state index in [1.54, 1.807) is 16.8 Å². The molecule has 0 bridgehead atoms. The predicted molar refractivity (Wildman–Crippen MR) is 130 cm³/mol. The summed E-state index contributed by atoms with van der Waals surface area (Å²) in [6, 6.07) is 5.43. The lowest BCUT2D eigenvalue weighted by Gasteiger charge is -2.38. The molecule has 1 heterocycles. The quantitative estimate of drug-likeness (QED) is 0.682. The SMILES string of the molecule is C[C@@H]1CN([C@@H](C)CO)C(=O)c2cc(N(C)C)ccc2O[C@@H]1CN(C)C(=O)NC1CCCCC1. The summed E-state index contributed by atoms with van der Waals surface area (Å²) in [5.74, 6) is 0.330. The highest BCUT2D eigenvalue weighted by Crippen LogP contribution is 2.31. The normalized spacial score (nSPS) is 22.5. The molecule has 0 aromatic heterocycles. The maximum Gasteiger partial charge on any atom is 0.317 e. The first-order valence-corrected chi connectivity index (χ1v) is 12.1. The average Bonchev–Trinajstić information content (AvgIpc) is 2.80. The van der Waals surface area contributed by atoms with Crippen LogP contribution in [0.1, 0.15) is 56.3 Å². The van der Waals surface area contributed by atoms with Crippen molar-refractivity contribution in [3.05, 3.63) is 23.8 Å². The molecule has 184 valence electrons. The van der Waals surface area contributed by atoms with Crippen molar-refractivity contribution in [2.24, 2.45) is 5.92 Å². The number of aliphatic hydroxyl groups excluding tert-OH is 1. The second-order valence-electron chi connectivity index (χ2n) is 9.86. The van der Waals surface area contributed by atoms with Crippen LogP contribution in [0.15, 0.2) is 18.2 Å². The predicted octanol–water partition coefficient (Wildman–Crippen LogP) is 2.95. The van der Waals surface area contributed by atoms with E-state index in [0.717, 1.165) is 31.4 Å². The fourth-order valence-corrected chi connectivity index (χ4v) is 4.59. The van der Waals surface area contributed by atoms with Gasteiger partial charge in [0.1, 0.15) is 11.9 Å². The number of carbonyl (C=O) groups is 2. The molecule has 0 spiro atoms. The molecule has 0 radical (unpaired) electrons. The molecule has 3 rings (SSSR count). The molecule has 1 aliphatic heterocycles. The van der Waals surface area contributed by atoms with E-state index in [0.29, 0.717) is 24.4 Å². The Balaban J connectivity index is 1.82. The summed E-state index contributed by atoms with van der Waals surface area (Å²) >= 11 is 0. The monoisotopic (exact) mass is 460 g/mol. The molecule has 3 amide bonds. The van der Waals surface area contributed by atoms with Crippen molar-refractivity contribution in [3.63, 3.8) is 0 Å². The van der Waals surface area contributed by atoms with Crippen molar-refractivity contribution in [2.45, 2.75) is 64.1 Å². The Morgan fingerprint density at radius 3 is 2.58 bits per heavy atom. The molecule has 2 aliphatic rings. The molecule has 1 aromatic carbocycles. The Labute approximate surface area is 197 Å². The number of nitrogens with zero attached hydrogens (tertiary/aromatic N) is 3. The zero-order valence-electron chi connectivity index (χ0n) is 20.7. The Morgan fingerprint density at radius 2 is 1.94 bits per heavy atom. The molecule has 0 saturated heterocycles. The Bertz CT molecular complexity index is 825. The Kier molecular flexibility index (Phi) is 8.46. The number of ether oxygens (including phenoxy) is 1. The summed E-state index contributed by atoms with van der Waals surface area (Å²) in [7, 11) is 5.64.